The molecule has 126 valence electrons. The molecular weight excluding hydrogens is 336 g/mol. The van der Waals surface area contributed by atoms with Gasteiger partial charge in [-0.1, -0.05) is 30.3 Å². The van der Waals surface area contributed by atoms with Crippen LogP contribution in [0.25, 0.3) is 16.7 Å². The van der Waals surface area contributed by atoms with Crippen LogP contribution in [-0.2, 0) is 16.4 Å². The molecule has 0 bridgehead atoms. The fourth-order valence-electron chi connectivity index (χ4n) is 2.77. The van der Waals surface area contributed by atoms with Gasteiger partial charge in [-0.2, -0.15) is 0 Å². The number of sulfone groups is 1. The molecule has 2 aromatic carbocycles. The molecule has 0 spiro atoms. The SMILES string of the molecule is CS(=O)(=O)c1ccc2c(c1)nc(NCc1ccccc1)c1nccn12. The molecule has 6 nitrogen and oxygen atoms in total. The minimum atomic E-state index is -3.29. The normalized spacial score (nSPS) is 11.9. The number of nitrogens with zero attached hydrogens (tertiary/aromatic N) is 3. The molecule has 2 aromatic heterocycles. The van der Waals surface area contributed by atoms with Crippen LogP contribution in [0.1, 0.15) is 5.56 Å². The minimum absolute atomic E-state index is 0.251. The van der Waals surface area contributed by atoms with E-state index in [1.165, 1.54) is 6.26 Å². The number of fused-ring (bicyclic) bond motifs is 3. The van der Waals surface area contributed by atoms with Crippen LogP contribution in [0, 0.1) is 0 Å². The van der Waals surface area contributed by atoms with E-state index in [0.29, 0.717) is 23.5 Å². The first kappa shape index (κ1) is 15.6. The third kappa shape index (κ3) is 2.94. The van der Waals surface area contributed by atoms with Crippen LogP contribution in [0.15, 0.2) is 65.8 Å². The summed E-state index contributed by atoms with van der Waals surface area (Å²) in [5.41, 5.74) is 3.24. The molecule has 0 atom stereocenters. The van der Waals surface area contributed by atoms with Gasteiger partial charge >= 0.3 is 0 Å². The Morgan fingerprint density at radius 3 is 2.68 bits per heavy atom. The fourth-order valence-corrected chi connectivity index (χ4v) is 3.41. The zero-order chi connectivity index (χ0) is 17.4. The Hall–Kier alpha value is -2.93. The van der Waals surface area contributed by atoms with Crippen molar-refractivity contribution in [2.24, 2.45) is 0 Å². The molecule has 0 unspecified atom stereocenters. The molecule has 4 rings (SSSR count). The summed E-state index contributed by atoms with van der Waals surface area (Å²) in [6.45, 7) is 0.605. The summed E-state index contributed by atoms with van der Waals surface area (Å²) in [6, 6.07) is 14.9. The Balaban J connectivity index is 1.83. The van der Waals surface area contributed by atoms with Gasteiger partial charge in [-0.05, 0) is 23.8 Å². The molecule has 0 aliphatic rings. The van der Waals surface area contributed by atoms with E-state index in [0.717, 1.165) is 11.1 Å². The van der Waals surface area contributed by atoms with Crippen molar-refractivity contribution < 1.29 is 8.42 Å². The average Bonchev–Trinajstić information content (AvgIpc) is 3.09. The van der Waals surface area contributed by atoms with E-state index < -0.39 is 9.84 Å². The Bertz CT molecular complexity index is 1170. The minimum Gasteiger partial charge on any atom is -0.363 e. The van der Waals surface area contributed by atoms with Crippen LogP contribution >= 0.6 is 0 Å². The van der Waals surface area contributed by atoms with E-state index >= 15 is 0 Å². The fraction of sp³-hybridized carbons (Fsp3) is 0.111. The summed E-state index contributed by atoms with van der Waals surface area (Å²) in [5.74, 6) is 0.618. The zero-order valence-corrected chi connectivity index (χ0v) is 14.4. The van der Waals surface area contributed by atoms with Gasteiger partial charge in [0.1, 0.15) is 0 Å². The lowest BCUT2D eigenvalue weighted by Gasteiger charge is -2.10. The zero-order valence-electron chi connectivity index (χ0n) is 13.5. The molecule has 0 fully saturated rings. The second kappa shape index (κ2) is 5.86. The van der Waals surface area contributed by atoms with E-state index in [2.05, 4.69) is 15.3 Å². The summed E-state index contributed by atoms with van der Waals surface area (Å²) in [7, 11) is -3.29. The van der Waals surface area contributed by atoms with Gasteiger partial charge in [0.2, 0.25) is 0 Å². The van der Waals surface area contributed by atoms with Gasteiger partial charge in [0.15, 0.2) is 21.3 Å². The highest BCUT2D eigenvalue weighted by Crippen LogP contribution is 2.23. The molecule has 0 saturated carbocycles. The number of rotatable bonds is 4. The maximum Gasteiger partial charge on any atom is 0.180 e. The van der Waals surface area contributed by atoms with Gasteiger partial charge < -0.3 is 5.32 Å². The quantitative estimate of drug-likeness (QED) is 0.611. The summed E-state index contributed by atoms with van der Waals surface area (Å²) in [5, 5.41) is 3.30. The van der Waals surface area contributed by atoms with Crippen LogP contribution in [0.2, 0.25) is 0 Å². The van der Waals surface area contributed by atoms with Crippen molar-refractivity contribution >= 4 is 32.3 Å². The summed E-state index contributed by atoms with van der Waals surface area (Å²) < 4.78 is 25.6. The van der Waals surface area contributed by atoms with Crippen molar-refractivity contribution in [1.29, 1.82) is 0 Å². The lowest BCUT2D eigenvalue weighted by molar-refractivity contribution is 0.602. The smallest absolute Gasteiger partial charge is 0.180 e. The third-order valence-corrected chi connectivity index (χ3v) is 5.13. The highest BCUT2D eigenvalue weighted by Gasteiger charge is 2.13. The Kier molecular flexibility index (Phi) is 3.65. The van der Waals surface area contributed by atoms with E-state index in [9.17, 15) is 8.42 Å². The topological polar surface area (TPSA) is 76.4 Å². The van der Waals surface area contributed by atoms with Crippen LogP contribution in [0.4, 0.5) is 5.82 Å². The second-order valence-electron chi connectivity index (χ2n) is 5.84. The third-order valence-electron chi connectivity index (χ3n) is 4.02. The van der Waals surface area contributed by atoms with Crippen molar-refractivity contribution in [3.63, 3.8) is 0 Å². The largest absolute Gasteiger partial charge is 0.363 e. The van der Waals surface area contributed by atoms with Gasteiger partial charge in [-0.25, -0.2) is 18.4 Å². The number of anilines is 1. The Labute approximate surface area is 145 Å². The monoisotopic (exact) mass is 352 g/mol. The predicted octanol–water partition coefficient (Wildman–Crippen LogP) is 2.90. The number of nitrogens with one attached hydrogen (secondary N) is 1. The summed E-state index contributed by atoms with van der Waals surface area (Å²) in [4.78, 5) is 9.23. The molecule has 25 heavy (non-hydrogen) atoms. The van der Waals surface area contributed by atoms with E-state index in [1.807, 2.05) is 40.9 Å². The molecule has 0 aliphatic carbocycles. The number of hydrogen-bond acceptors (Lipinski definition) is 5. The number of benzene rings is 2. The molecule has 4 aromatic rings. The van der Waals surface area contributed by atoms with Crippen LogP contribution in [0.5, 0.6) is 0 Å². The first-order valence-corrected chi connectivity index (χ1v) is 9.66. The van der Waals surface area contributed by atoms with Gasteiger partial charge in [0.25, 0.3) is 0 Å². The van der Waals surface area contributed by atoms with E-state index in [1.54, 1.807) is 24.4 Å². The molecule has 0 saturated heterocycles. The summed E-state index contributed by atoms with van der Waals surface area (Å²) in [6.07, 6.45) is 4.74. The Morgan fingerprint density at radius 2 is 1.92 bits per heavy atom. The maximum atomic E-state index is 11.8. The molecular formula is C18H16N4O2S. The van der Waals surface area contributed by atoms with Gasteiger partial charge in [-0.3, -0.25) is 4.40 Å². The average molecular weight is 352 g/mol. The molecule has 7 heteroatoms. The van der Waals surface area contributed by atoms with Crippen molar-refractivity contribution in [3.05, 3.63) is 66.5 Å². The number of imidazole rings is 1. The lowest BCUT2D eigenvalue weighted by Crippen LogP contribution is -2.05. The number of aromatic nitrogens is 3. The second-order valence-corrected chi connectivity index (χ2v) is 7.86. The molecule has 0 aliphatic heterocycles. The van der Waals surface area contributed by atoms with Crippen LogP contribution in [-0.4, -0.2) is 29.0 Å². The standard InChI is InChI=1S/C18H16N4O2S/c1-25(23,24)14-7-8-16-15(11-14)21-17(18-19-9-10-22(16)18)20-12-13-5-3-2-4-6-13/h2-11H,12H2,1H3,(H,20,21). The summed E-state index contributed by atoms with van der Waals surface area (Å²) >= 11 is 0. The van der Waals surface area contributed by atoms with Crippen LogP contribution in [0.3, 0.4) is 0 Å². The van der Waals surface area contributed by atoms with Gasteiger partial charge in [-0.15, -0.1) is 0 Å². The van der Waals surface area contributed by atoms with Crippen LogP contribution < -0.4 is 5.32 Å². The highest BCUT2D eigenvalue weighted by molar-refractivity contribution is 7.90. The van der Waals surface area contributed by atoms with Crippen molar-refractivity contribution in [2.45, 2.75) is 11.4 Å². The molecule has 0 amide bonds. The van der Waals surface area contributed by atoms with Gasteiger partial charge in [0.05, 0.1) is 15.9 Å². The van der Waals surface area contributed by atoms with Crippen molar-refractivity contribution in [1.82, 2.24) is 14.4 Å². The maximum absolute atomic E-state index is 11.8. The number of hydrogen-bond donors (Lipinski definition) is 1. The molecule has 2 heterocycles. The van der Waals surface area contributed by atoms with Gasteiger partial charge in [0, 0.05) is 25.2 Å². The first-order chi connectivity index (χ1) is 12.0. The lowest BCUT2D eigenvalue weighted by atomic mass is 10.2. The molecule has 1 N–H and O–H groups in total. The van der Waals surface area contributed by atoms with Crippen molar-refractivity contribution in [2.75, 3.05) is 11.6 Å². The van der Waals surface area contributed by atoms with E-state index in [4.69, 9.17) is 0 Å². The Morgan fingerprint density at radius 1 is 1.12 bits per heavy atom. The first-order valence-electron chi connectivity index (χ1n) is 7.77. The molecule has 0 radical (unpaired) electrons. The highest BCUT2D eigenvalue weighted by atomic mass is 32.2. The predicted molar refractivity (Wildman–Crippen MR) is 97.4 cm³/mol. The van der Waals surface area contributed by atoms with Crippen molar-refractivity contribution in [3.8, 4) is 0 Å². The van der Waals surface area contributed by atoms with E-state index in [-0.39, 0.29) is 4.90 Å².